The van der Waals surface area contributed by atoms with Crippen LogP contribution in [0.4, 0.5) is 0 Å². The third-order valence-electron chi connectivity index (χ3n) is 2.68. The van der Waals surface area contributed by atoms with Crippen molar-refractivity contribution in [3.8, 4) is 0 Å². The van der Waals surface area contributed by atoms with E-state index in [2.05, 4.69) is 36.2 Å². The van der Waals surface area contributed by atoms with E-state index in [4.69, 9.17) is 0 Å². The highest BCUT2D eigenvalue weighted by Gasteiger charge is 2.05. The van der Waals surface area contributed by atoms with Crippen molar-refractivity contribution in [3.63, 3.8) is 0 Å². The number of rotatable bonds is 6. The largest absolute Gasteiger partial charge is 0.390 e. The van der Waals surface area contributed by atoms with Gasteiger partial charge in [-0.05, 0) is 12.5 Å². The second kappa shape index (κ2) is 6.61. The average Bonchev–Trinajstić information content (AvgIpc) is 2.84. The minimum atomic E-state index is -0.324. The molecule has 0 spiro atoms. The first kappa shape index (κ1) is 13.2. The first-order valence-electron chi connectivity index (χ1n) is 6.01. The van der Waals surface area contributed by atoms with Gasteiger partial charge in [0.2, 0.25) is 0 Å². The highest BCUT2D eigenvalue weighted by atomic mass is 32.2. The molecule has 0 saturated heterocycles. The second-order valence-corrected chi connectivity index (χ2v) is 5.44. The Balaban J connectivity index is 1.70. The third-order valence-corrected chi connectivity index (χ3v) is 3.84. The van der Waals surface area contributed by atoms with E-state index in [9.17, 15) is 5.11 Å². The lowest BCUT2D eigenvalue weighted by atomic mass is 10.2. The Morgan fingerprint density at radius 3 is 2.78 bits per heavy atom. The summed E-state index contributed by atoms with van der Waals surface area (Å²) in [5.74, 6) is 1.69. The van der Waals surface area contributed by atoms with Gasteiger partial charge in [0.15, 0.2) is 0 Å². The van der Waals surface area contributed by atoms with Gasteiger partial charge in [0.05, 0.1) is 19.0 Å². The first-order valence-corrected chi connectivity index (χ1v) is 7.16. The Hall–Kier alpha value is -1.26. The zero-order valence-electron chi connectivity index (χ0n) is 10.5. The van der Waals surface area contributed by atoms with E-state index < -0.39 is 0 Å². The van der Waals surface area contributed by atoms with Gasteiger partial charge in [-0.25, -0.2) is 4.98 Å². The van der Waals surface area contributed by atoms with Gasteiger partial charge in [-0.2, -0.15) is 11.8 Å². The molecule has 0 radical (unpaired) electrons. The summed E-state index contributed by atoms with van der Waals surface area (Å²) in [4.78, 5) is 3.96. The van der Waals surface area contributed by atoms with E-state index in [0.717, 1.165) is 11.5 Å². The van der Waals surface area contributed by atoms with E-state index in [0.29, 0.717) is 6.54 Å². The number of aliphatic hydroxyl groups is 1. The molecule has 0 amide bonds. The van der Waals surface area contributed by atoms with Crippen LogP contribution in [-0.4, -0.2) is 26.5 Å². The first-order chi connectivity index (χ1) is 8.74. The summed E-state index contributed by atoms with van der Waals surface area (Å²) in [6.45, 7) is 2.70. The predicted octanol–water partition coefficient (Wildman–Crippen LogP) is 2.49. The summed E-state index contributed by atoms with van der Waals surface area (Å²) >= 11 is 1.76. The highest BCUT2D eigenvalue weighted by molar-refractivity contribution is 7.98. The molecule has 2 aromatic rings. The van der Waals surface area contributed by atoms with Gasteiger partial charge < -0.3 is 9.67 Å². The lowest BCUT2D eigenvalue weighted by molar-refractivity contribution is 0.178. The number of aryl methyl sites for hydroxylation is 1. The standard InChI is InChI=1S/C14H18N2OS/c1-12-2-4-13(5-3-12)9-18-10-14(17)8-16-7-6-15-11-16/h2-7,11,14,17H,8-10H2,1H3. The van der Waals surface area contributed by atoms with Crippen LogP contribution in [0.25, 0.3) is 0 Å². The maximum absolute atomic E-state index is 9.87. The molecule has 96 valence electrons. The van der Waals surface area contributed by atoms with Crippen molar-refractivity contribution in [1.82, 2.24) is 9.55 Å². The lowest BCUT2D eigenvalue weighted by Gasteiger charge is -2.10. The molecule has 1 N–H and O–H groups in total. The number of benzene rings is 1. The second-order valence-electron chi connectivity index (χ2n) is 4.41. The number of hydrogen-bond acceptors (Lipinski definition) is 3. The Kier molecular flexibility index (Phi) is 4.84. The molecule has 1 aromatic heterocycles. The molecule has 18 heavy (non-hydrogen) atoms. The lowest BCUT2D eigenvalue weighted by Crippen LogP contribution is -2.17. The molecule has 1 heterocycles. The van der Waals surface area contributed by atoms with Gasteiger partial charge >= 0.3 is 0 Å². The van der Waals surface area contributed by atoms with Gasteiger partial charge in [-0.1, -0.05) is 29.8 Å². The number of hydrogen-bond donors (Lipinski definition) is 1. The third kappa shape index (κ3) is 4.20. The molecule has 1 unspecified atom stereocenters. The molecule has 0 aliphatic carbocycles. The van der Waals surface area contributed by atoms with E-state index in [1.165, 1.54) is 11.1 Å². The van der Waals surface area contributed by atoms with Crippen LogP contribution in [0.3, 0.4) is 0 Å². The number of thioether (sulfide) groups is 1. The van der Waals surface area contributed by atoms with Crippen molar-refractivity contribution in [2.75, 3.05) is 5.75 Å². The van der Waals surface area contributed by atoms with Crippen molar-refractivity contribution in [3.05, 3.63) is 54.1 Å². The van der Waals surface area contributed by atoms with Crippen LogP contribution in [0.1, 0.15) is 11.1 Å². The fourth-order valence-corrected chi connectivity index (χ4v) is 2.61. The van der Waals surface area contributed by atoms with Crippen LogP contribution in [0.15, 0.2) is 43.0 Å². The predicted molar refractivity (Wildman–Crippen MR) is 75.6 cm³/mol. The zero-order valence-corrected chi connectivity index (χ0v) is 11.3. The van der Waals surface area contributed by atoms with E-state index in [-0.39, 0.29) is 6.10 Å². The van der Waals surface area contributed by atoms with Crippen molar-refractivity contribution < 1.29 is 5.11 Å². The van der Waals surface area contributed by atoms with Crippen LogP contribution in [0.5, 0.6) is 0 Å². The SMILES string of the molecule is Cc1ccc(CSCC(O)Cn2ccnc2)cc1. The molecule has 3 nitrogen and oxygen atoms in total. The topological polar surface area (TPSA) is 38.0 Å². The fraction of sp³-hybridized carbons (Fsp3) is 0.357. The van der Waals surface area contributed by atoms with Gasteiger partial charge in [0.25, 0.3) is 0 Å². The fourth-order valence-electron chi connectivity index (χ4n) is 1.69. The number of aliphatic hydroxyl groups excluding tert-OH is 1. The Morgan fingerprint density at radius 1 is 1.33 bits per heavy atom. The summed E-state index contributed by atoms with van der Waals surface area (Å²) in [5.41, 5.74) is 2.59. The van der Waals surface area contributed by atoms with Crippen LogP contribution in [0.2, 0.25) is 0 Å². The summed E-state index contributed by atoms with van der Waals surface area (Å²) < 4.78 is 1.90. The smallest absolute Gasteiger partial charge is 0.0946 e. The molecule has 0 aliphatic heterocycles. The monoisotopic (exact) mass is 262 g/mol. The summed E-state index contributed by atoms with van der Waals surface area (Å²) in [6, 6.07) is 8.53. The molecule has 4 heteroatoms. The van der Waals surface area contributed by atoms with Gasteiger partial charge in [0.1, 0.15) is 0 Å². The molecule has 0 aliphatic rings. The van der Waals surface area contributed by atoms with E-state index >= 15 is 0 Å². The van der Waals surface area contributed by atoms with Crippen LogP contribution < -0.4 is 0 Å². The molecular formula is C14H18N2OS. The summed E-state index contributed by atoms with van der Waals surface area (Å²) in [7, 11) is 0. The van der Waals surface area contributed by atoms with E-state index in [1.54, 1.807) is 24.3 Å². The average molecular weight is 262 g/mol. The minimum Gasteiger partial charge on any atom is -0.390 e. The molecule has 1 aromatic carbocycles. The maximum Gasteiger partial charge on any atom is 0.0946 e. The number of imidazole rings is 1. The molecule has 1 atom stereocenters. The van der Waals surface area contributed by atoms with Gasteiger partial charge in [-0.3, -0.25) is 0 Å². The molecule has 2 rings (SSSR count). The van der Waals surface area contributed by atoms with Crippen LogP contribution >= 0.6 is 11.8 Å². The van der Waals surface area contributed by atoms with E-state index in [1.807, 2.05) is 10.8 Å². The number of nitrogens with zero attached hydrogens (tertiary/aromatic N) is 2. The quantitative estimate of drug-likeness (QED) is 0.869. The number of aromatic nitrogens is 2. The van der Waals surface area contributed by atoms with Crippen molar-refractivity contribution in [1.29, 1.82) is 0 Å². The van der Waals surface area contributed by atoms with Gasteiger partial charge in [-0.15, -0.1) is 0 Å². The van der Waals surface area contributed by atoms with Crippen molar-refractivity contribution in [2.24, 2.45) is 0 Å². The molecule has 0 bridgehead atoms. The Bertz CT molecular complexity index is 453. The minimum absolute atomic E-state index is 0.324. The molecule has 0 saturated carbocycles. The summed E-state index contributed by atoms with van der Waals surface area (Å²) in [6.07, 6.45) is 5.00. The van der Waals surface area contributed by atoms with Gasteiger partial charge in [0, 0.05) is 23.9 Å². The normalized spacial score (nSPS) is 12.6. The molecular weight excluding hydrogens is 244 g/mol. The zero-order chi connectivity index (χ0) is 12.8. The maximum atomic E-state index is 9.87. The highest BCUT2D eigenvalue weighted by Crippen LogP contribution is 2.14. The summed E-state index contributed by atoms with van der Waals surface area (Å²) in [5, 5.41) is 9.87. The van der Waals surface area contributed by atoms with Crippen molar-refractivity contribution >= 4 is 11.8 Å². The Morgan fingerprint density at radius 2 is 2.11 bits per heavy atom. The Labute approximate surface area is 112 Å². The van der Waals surface area contributed by atoms with Crippen molar-refractivity contribution in [2.45, 2.75) is 25.3 Å². The van der Waals surface area contributed by atoms with Crippen LogP contribution in [-0.2, 0) is 12.3 Å². The molecule has 0 fully saturated rings. The van der Waals surface area contributed by atoms with Crippen LogP contribution in [0, 0.1) is 6.92 Å².